The van der Waals surface area contributed by atoms with Crippen LogP contribution in [0.2, 0.25) is 0 Å². The molecule has 0 unspecified atom stereocenters. The zero-order valence-corrected chi connectivity index (χ0v) is 20.5. The van der Waals surface area contributed by atoms with E-state index < -0.39 is 0 Å². The molecule has 0 saturated heterocycles. The fourth-order valence-electron chi connectivity index (χ4n) is 4.69. The summed E-state index contributed by atoms with van der Waals surface area (Å²) >= 11 is 0. The summed E-state index contributed by atoms with van der Waals surface area (Å²) in [5, 5.41) is 9.98. The van der Waals surface area contributed by atoms with Crippen LogP contribution < -0.4 is 16.0 Å². The predicted molar refractivity (Wildman–Crippen MR) is 143 cm³/mol. The largest absolute Gasteiger partial charge is 0.368 e. The molecule has 36 heavy (non-hydrogen) atoms. The Kier molecular flexibility index (Phi) is 7.83. The van der Waals surface area contributed by atoms with Gasteiger partial charge in [-0.1, -0.05) is 67.8 Å². The maximum atomic E-state index is 12.8. The van der Waals surface area contributed by atoms with Crippen LogP contribution in [0, 0.1) is 0 Å². The van der Waals surface area contributed by atoms with Crippen molar-refractivity contribution in [3.63, 3.8) is 0 Å². The number of hydrogen-bond donors (Lipinski definition) is 3. The number of carbonyl (C=O) groups is 1. The van der Waals surface area contributed by atoms with E-state index in [0.29, 0.717) is 35.1 Å². The molecule has 0 atom stereocenters. The van der Waals surface area contributed by atoms with E-state index in [2.05, 4.69) is 43.0 Å². The Morgan fingerprint density at radius 3 is 2.44 bits per heavy atom. The Bertz CT molecular complexity index is 1270. The van der Waals surface area contributed by atoms with E-state index >= 15 is 0 Å². The number of rotatable bonds is 10. The number of benzene rings is 2. The average Bonchev–Trinajstić information content (AvgIpc) is 3.32. The number of anilines is 2. The molecular formula is C28H33N7O. The number of imidazole rings is 1. The first-order valence-electron chi connectivity index (χ1n) is 12.9. The number of carbonyl (C=O) groups excluding carboxylic acids is 1. The van der Waals surface area contributed by atoms with Crippen molar-refractivity contribution < 1.29 is 4.79 Å². The topological polar surface area (TPSA) is 96.8 Å². The monoisotopic (exact) mass is 483 g/mol. The number of hydrogen-bond acceptors (Lipinski definition) is 6. The quantitative estimate of drug-likeness (QED) is 0.279. The highest BCUT2D eigenvalue weighted by molar-refractivity contribution is 6.03. The van der Waals surface area contributed by atoms with Gasteiger partial charge in [-0.2, -0.15) is 9.97 Å². The molecule has 0 spiro atoms. The molecule has 1 aliphatic rings. The number of nitrogens with zero attached hydrogens (tertiary/aromatic N) is 4. The SMILES string of the molecule is O=C(Nc1nc(NCCCNC2CCCCC2)c2ncn(Cc3ccccc3)c2n1)c1ccccc1. The van der Waals surface area contributed by atoms with Crippen LogP contribution >= 0.6 is 0 Å². The molecule has 4 aromatic rings. The van der Waals surface area contributed by atoms with Crippen LogP contribution in [0.1, 0.15) is 54.4 Å². The van der Waals surface area contributed by atoms with Crippen LogP contribution in [0.4, 0.5) is 11.8 Å². The van der Waals surface area contributed by atoms with Crippen molar-refractivity contribution in [1.29, 1.82) is 0 Å². The van der Waals surface area contributed by atoms with E-state index in [-0.39, 0.29) is 11.9 Å². The van der Waals surface area contributed by atoms with Crippen molar-refractivity contribution in [3.05, 3.63) is 78.1 Å². The molecule has 8 nitrogen and oxygen atoms in total. The molecule has 1 saturated carbocycles. The first-order valence-corrected chi connectivity index (χ1v) is 12.9. The Morgan fingerprint density at radius 1 is 0.917 bits per heavy atom. The normalized spacial score (nSPS) is 14.1. The fraction of sp³-hybridized carbons (Fsp3) is 0.357. The van der Waals surface area contributed by atoms with Crippen molar-refractivity contribution in [2.24, 2.45) is 0 Å². The molecule has 5 rings (SSSR count). The van der Waals surface area contributed by atoms with Gasteiger partial charge in [-0.05, 0) is 43.5 Å². The number of amides is 1. The molecule has 0 radical (unpaired) electrons. The van der Waals surface area contributed by atoms with Crippen molar-refractivity contribution in [3.8, 4) is 0 Å². The fourth-order valence-corrected chi connectivity index (χ4v) is 4.69. The van der Waals surface area contributed by atoms with Crippen LogP contribution in [-0.4, -0.2) is 44.6 Å². The van der Waals surface area contributed by atoms with Gasteiger partial charge < -0.3 is 15.2 Å². The van der Waals surface area contributed by atoms with Crippen LogP contribution in [-0.2, 0) is 6.54 Å². The minimum Gasteiger partial charge on any atom is -0.368 e. The number of nitrogens with one attached hydrogen (secondary N) is 3. The summed E-state index contributed by atoms with van der Waals surface area (Å²) in [5.74, 6) is 0.647. The van der Waals surface area contributed by atoms with Gasteiger partial charge >= 0.3 is 0 Å². The highest BCUT2D eigenvalue weighted by atomic mass is 16.1. The second kappa shape index (κ2) is 11.8. The lowest BCUT2D eigenvalue weighted by molar-refractivity contribution is 0.102. The lowest BCUT2D eigenvalue weighted by Gasteiger charge is -2.22. The molecule has 1 amide bonds. The summed E-state index contributed by atoms with van der Waals surface area (Å²) in [5.41, 5.74) is 3.08. The van der Waals surface area contributed by atoms with E-state index in [1.54, 1.807) is 18.5 Å². The minimum atomic E-state index is -0.244. The van der Waals surface area contributed by atoms with Gasteiger partial charge in [0.15, 0.2) is 17.0 Å². The van der Waals surface area contributed by atoms with Crippen molar-refractivity contribution in [2.45, 2.75) is 51.1 Å². The lowest BCUT2D eigenvalue weighted by Crippen LogP contribution is -2.32. The minimum absolute atomic E-state index is 0.244. The summed E-state index contributed by atoms with van der Waals surface area (Å²) in [6, 6.07) is 19.9. The molecule has 2 aromatic carbocycles. The van der Waals surface area contributed by atoms with Gasteiger partial charge in [-0.25, -0.2) is 4.98 Å². The molecule has 1 aliphatic carbocycles. The molecule has 186 valence electrons. The van der Waals surface area contributed by atoms with Gasteiger partial charge in [0.25, 0.3) is 5.91 Å². The summed E-state index contributed by atoms with van der Waals surface area (Å²) in [6.45, 7) is 2.35. The maximum Gasteiger partial charge on any atom is 0.258 e. The predicted octanol–water partition coefficient (Wildman–Crippen LogP) is 4.85. The molecule has 2 heterocycles. The summed E-state index contributed by atoms with van der Waals surface area (Å²) in [6.07, 6.45) is 9.34. The van der Waals surface area contributed by atoms with E-state index in [9.17, 15) is 4.79 Å². The van der Waals surface area contributed by atoms with E-state index in [1.807, 2.05) is 41.0 Å². The van der Waals surface area contributed by atoms with Crippen LogP contribution in [0.3, 0.4) is 0 Å². The standard InChI is InChI=1S/C28H33N7O/c36-27(22-13-6-2-7-14-22)34-28-32-25(30-18-10-17-29-23-15-8-3-9-16-23)24-26(33-28)35(20-31-24)19-21-11-4-1-5-12-21/h1-2,4-7,11-14,20,23,29H,3,8-10,15-19H2,(H2,30,32,33,34,36). The van der Waals surface area contributed by atoms with E-state index in [1.165, 1.54) is 32.1 Å². The highest BCUT2D eigenvalue weighted by Crippen LogP contribution is 2.22. The molecule has 8 heteroatoms. The third kappa shape index (κ3) is 6.07. The van der Waals surface area contributed by atoms with Crippen molar-refractivity contribution in [1.82, 2.24) is 24.8 Å². The van der Waals surface area contributed by atoms with Gasteiger partial charge in [-0.15, -0.1) is 0 Å². The van der Waals surface area contributed by atoms with E-state index in [0.717, 1.165) is 25.1 Å². The Hall–Kier alpha value is -3.78. The first-order chi connectivity index (χ1) is 17.8. The van der Waals surface area contributed by atoms with Gasteiger partial charge in [0.05, 0.1) is 12.9 Å². The lowest BCUT2D eigenvalue weighted by atomic mass is 9.95. The van der Waals surface area contributed by atoms with Crippen LogP contribution in [0.15, 0.2) is 67.0 Å². The molecule has 3 N–H and O–H groups in total. The summed E-state index contributed by atoms with van der Waals surface area (Å²) in [4.78, 5) is 26.7. The van der Waals surface area contributed by atoms with Crippen molar-refractivity contribution >= 4 is 28.8 Å². The molecule has 1 fully saturated rings. The van der Waals surface area contributed by atoms with Gasteiger partial charge in [0.1, 0.15) is 0 Å². The number of fused-ring (bicyclic) bond motifs is 1. The second-order valence-corrected chi connectivity index (χ2v) is 9.32. The molecule has 0 bridgehead atoms. The Morgan fingerprint density at radius 2 is 1.67 bits per heavy atom. The van der Waals surface area contributed by atoms with Gasteiger partial charge in [0.2, 0.25) is 5.95 Å². The van der Waals surface area contributed by atoms with Gasteiger partial charge in [0, 0.05) is 18.2 Å². The second-order valence-electron chi connectivity index (χ2n) is 9.32. The third-order valence-corrected chi connectivity index (χ3v) is 6.61. The molecule has 2 aromatic heterocycles. The maximum absolute atomic E-state index is 12.8. The van der Waals surface area contributed by atoms with E-state index in [4.69, 9.17) is 0 Å². The summed E-state index contributed by atoms with van der Waals surface area (Å²) in [7, 11) is 0. The first kappa shape index (κ1) is 23.9. The highest BCUT2D eigenvalue weighted by Gasteiger charge is 2.16. The Labute approximate surface area is 211 Å². The smallest absolute Gasteiger partial charge is 0.258 e. The van der Waals surface area contributed by atoms with Gasteiger partial charge in [-0.3, -0.25) is 10.1 Å². The summed E-state index contributed by atoms with van der Waals surface area (Å²) < 4.78 is 1.99. The number of aromatic nitrogens is 4. The van der Waals surface area contributed by atoms with Crippen LogP contribution in [0.25, 0.3) is 11.2 Å². The van der Waals surface area contributed by atoms with Crippen LogP contribution in [0.5, 0.6) is 0 Å². The Balaban J connectivity index is 1.32. The zero-order chi connectivity index (χ0) is 24.6. The third-order valence-electron chi connectivity index (χ3n) is 6.61. The molecule has 0 aliphatic heterocycles. The average molecular weight is 484 g/mol. The van der Waals surface area contributed by atoms with Crippen molar-refractivity contribution in [2.75, 3.05) is 23.7 Å². The molecular weight excluding hydrogens is 450 g/mol. The zero-order valence-electron chi connectivity index (χ0n) is 20.5.